The van der Waals surface area contributed by atoms with Crippen LogP contribution in [-0.2, 0) is 6.42 Å². The zero-order valence-electron chi connectivity index (χ0n) is 11.5. The predicted octanol–water partition coefficient (Wildman–Crippen LogP) is 3.49. The molecule has 2 rings (SSSR count). The Bertz CT molecular complexity index is 552. The van der Waals surface area contributed by atoms with Crippen LogP contribution in [0.2, 0.25) is 0 Å². The van der Waals surface area contributed by atoms with Gasteiger partial charge in [-0.25, -0.2) is 0 Å². The number of benzene rings is 2. The van der Waals surface area contributed by atoms with E-state index >= 15 is 0 Å². The van der Waals surface area contributed by atoms with Gasteiger partial charge in [0.15, 0.2) is 0 Å². The van der Waals surface area contributed by atoms with Gasteiger partial charge in [-0.15, -0.1) is 0 Å². The Morgan fingerprint density at radius 1 is 1.10 bits per heavy atom. The third-order valence-electron chi connectivity index (χ3n) is 3.31. The second kappa shape index (κ2) is 6.82. The zero-order chi connectivity index (χ0) is 14.4. The van der Waals surface area contributed by atoms with Crippen LogP contribution in [0.15, 0.2) is 54.6 Å². The first-order valence-corrected chi connectivity index (χ1v) is 6.68. The highest BCUT2D eigenvalue weighted by Crippen LogP contribution is 2.13. The second-order valence-electron chi connectivity index (χ2n) is 4.76. The standard InChI is InChI=1S/C16H18N2O2/c1-13(15-5-3-2-4-6-15)17-12-11-14-7-9-16(10-8-14)18(19)20/h2-10,13,17H,11-12H2,1H3/t13-/m0/s1. The first-order valence-electron chi connectivity index (χ1n) is 6.68. The van der Waals surface area contributed by atoms with Crippen LogP contribution in [-0.4, -0.2) is 11.5 Å². The van der Waals surface area contributed by atoms with E-state index in [2.05, 4.69) is 24.4 Å². The zero-order valence-corrected chi connectivity index (χ0v) is 11.5. The number of hydrogen-bond donors (Lipinski definition) is 1. The van der Waals surface area contributed by atoms with Gasteiger partial charge in [0, 0.05) is 18.2 Å². The minimum atomic E-state index is -0.375. The fraction of sp³-hybridized carbons (Fsp3) is 0.250. The molecule has 0 unspecified atom stereocenters. The highest BCUT2D eigenvalue weighted by Gasteiger charge is 2.05. The third kappa shape index (κ3) is 3.90. The highest BCUT2D eigenvalue weighted by molar-refractivity contribution is 5.33. The Hall–Kier alpha value is -2.20. The number of non-ortho nitro benzene ring substituents is 1. The Morgan fingerprint density at radius 2 is 1.75 bits per heavy atom. The number of hydrogen-bond acceptors (Lipinski definition) is 3. The van der Waals surface area contributed by atoms with Gasteiger partial charge in [-0.05, 0) is 31.0 Å². The summed E-state index contributed by atoms with van der Waals surface area (Å²) < 4.78 is 0. The average Bonchev–Trinajstić information content (AvgIpc) is 2.48. The molecule has 0 saturated heterocycles. The van der Waals surface area contributed by atoms with Gasteiger partial charge < -0.3 is 5.32 Å². The van der Waals surface area contributed by atoms with Gasteiger partial charge in [-0.3, -0.25) is 10.1 Å². The summed E-state index contributed by atoms with van der Waals surface area (Å²) in [5, 5.41) is 14.0. The molecule has 0 aliphatic carbocycles. The van der Waals surface area contributed by atoms with Gasteiger partial charge in [0.05, 0.1) is 4.92 Å². The van der Waals surface area contributed by atoms with E-state index in [0.29, 0.717) is 6.04 Å². The first-order chi connectivity index (χ1) is 9.66. The SMILES string of the molecule is C[C@H](NCCc1ccc([N+](=O)[O-])cc1)c1ccccc1. The summed E-state index contributed by atoms with van der Waals surface area (Å²) in [6, 6.07) is 17.3. The van der Waals surface area contributed by atoms with Crippen LogP contribution in [0.5, 0.6) is 0 Å². The van der Waals surface area contributed by atoms with Crippen LogP contribution in [0.1, 0.15) is 24.1 Å². The van der Waals surface area contributed by atoms with Crippen molar-refractivity contribution in [2.24, 2.45) is 0 Å². The van der Waals surface area contributed by atoms with Crippen molar-refractivity contribution in [3.63, 3.8) is 0 Å². The lowest BCUT2D eigenvalue weighted by molar-refractivity contribution is -0.384. The summed E-state index contributed by atoms with van der Waals surface area (Å²) in [6.45, 7) is 2.97. The van der Waals surface area contributed by atoms with Crippen LogP contribution in [0.4, 0.5) is 5.69 Å². The van der Waals surface area contributed by atoms with Crippen molar-refractivity contribution < 1.29 is 4.92 Å². The summed E-state index contributed by atoms with van der Waals surface area (Å²) in [5.41, 5.74) is 2.50. The molecule has 4 heteroatoms. The largest absolute Gasteiger partial charge is 0.310 e. The number of nitrogens with zero attached hydrogens (tertiary/aromatic N) is 1. The van der Waals surface area contributed by atoms with Gasteiger partial charge in [-0.1, -0.05) is 42.5 Å². The normalized spacial score (nSPS) is 12.1. The number of nitrogens with one attached hydrogen (secondary N) is 1. The van der Waals surface area contributed by atoms with E-state index in [0.717, 1.165) is 18.5 Å². The molecule has 0 heterocycles. The smallest absolute Gasteiger partial charge is 0.269 e. The van der Waals surface area contributed by atoms with Crippen molar-refractivity contribution in [3.8, 4) is 0 Å². The summed E-state index contributed by atoms with van der Waals surface area (Å²) in [7, 11) is 0. The molecule has 0 radical (unpaired) electrons. The molecule has 0 amide bonds. The van der Waals surface area contributed by atoms with Crippen molar-refractivity contribution in [2.75, 3.05) is 6.54 Å². The van der Waals surface area contributed by atoms with Crippen molar-refractivity contribution in [1.29, 1.82) is 0 Å². The molecule has 2 aromatic carbocycles. The van der Waals surface area contributed by atoms with Crippen LogP contribution in [0, 0.1) is 10.1 Å². The number of nitro groups is 1. The second-order valence-corrected chi connectivity index (χ2v) is 4.76. The lowest BCUT2D eigenvalue weighted by Gasteiger charge is -2.14. The minimum Gasteiger partial charge on any atom is -0.310 e. The Labute approximate surface area is 118 Å². The molecule has 0 aromatic heterocycles. The maximum Gasteiger partial charge on any atom is 0.269 e. The molecule has 0 aliphatic rings. The molecule has 0 bridgehead atoms. The minimum absolute atomic E-state index is 0.138. The molecule has 20 heavy (non-hydrogen) atoms. The fourth-order valence-electron chi connectivity index (χ4n) is 2.08. The molecule has 4 nitrogen and oxygen atoms in total. The summed E-state index contributed by atoms with van der Waals surface area (Å²) in [4.78, 5) is 10.2. The van der Waals surface area contributed by atoms with Crippen LogP contribution < -0.4 is 5.32 Å². The van der Waals surface area contributed by atoms with Crippen LogP contribution in [0.25, 0.3) is 0 Å². The van der Waals surface area contributed by atoms with Gasteiger partial charge in [0.1, 0.15) is 0 Å². The van der Waals surface area contributed by atoms with Gasteiger partial charge in [-0.2, -0.15) is 0 Å². The summed E-state index contributed by atoms with van der Waals surface area (Å²) in [5.74, 6) is 0. The quantitative estimate of drug-likeness (QED) is 0.645. The Kier molecular flexibility index (Phi) is 4.85. The van der Waals surface area contributed by atoms with Crippen molar-refractivity contribution in [3.05, 3.63) is 75.8 Å². The molecule has 0 saturated carbocycles. The van der Waals surface area contributed by atoms with Crippen LogP contribution >= 0.6 is 0 Å². The maximum absolute atomic E-state index is 10.6. The summed E-state index contributed by atoms with van der Waals surface area (Å²) >= 11 is 0. The average molecular weight is 270 g/mol. The lowest BCUT2D eigenvalue weighted by atomic mass is 10.1. The van der Waals surface area contributed by atoms with E-state index in [-0.39, 0.29) is 10.6 Å². The van der Waals surface area contributed by atoms with Crippen molar-refractivity contribution in [1.82, 2.24) is 5.32 Å². The molecular weight excluding hydrogens is 252 g/mol. The van der Waals surface area contributed by atoms with E-state index in [1.165, 1.54) is 5.56 Å². The lowest BCUT2D eigenvalue weighted by Crippen LogP contribution is -2.21. The monoisotopic (exact) mass is 270 g/mol. The van der Waals surface area contributed by atoms with E-state index in [1.54, 1.807) is 12.1 Å². The van der Waals surface area contributed by atoms with Crippen molar-refractivity contribution in [2.45, 2.75) is 19.4 Å². The Balaban J connectivity index is 1.82. The van der Waals surface area contributed by atoms with Gasteiger partial charge >= 0.3 is 0 Å². The third-order valence-corrected chi connectivity index (χ3v) is 3.31. The number of nitro benzene ring substituents is 1. The summed E-state index contributed by atoms with van der Waals surface area (Å²) in [6.07, 6.45) is 0.856. The first kappa shape index (κ1) is 14.2. The van der Waals surface area contributed by atoms with E-state index in [1.807, 2.05) is 30.3 Å². The molecule has 1 atom stereocenters. The van der Waals surface area contributed by atoms with Gasteiger partial charge in [0.2, 0.25) is 0 Å². The van der Waals surface area contributed by atoms with Crippen molar-refractivity contribution >= 4 is 5.69 Å². The fourth-order valence-corrected chi connectivity index (χ4v) is 2.08. The molecule has 0 fully saturated rings. The van der Waals surface area contributed by atoms with E-state index in [9.17, 15) is 10.1 Å². The molecule has 2 aromatic rings. The molecule has 0 aliphatic heterocycles. The molecule has 0 spiro atoms. The van der Waals surface area contributed by atoms with E-state index < -0.39 is 0 Å². The van der Waals surface area contributed by atoms with Gasteiger partial charge in [0.25, 0.3) is 5.69 Å². The maximum atomic E-state index is 10.6. The highest BCUT2D eigenvalue weighted by atomic mass is 16.6. The predicted molar refractivity (Wildman–Crippen MR) is 79.7 cm³/mol. The molecule has 104 valence electrons. The topological polar surface area (TPSA) is 55.2 Å². The number of rotatable bonds is 6. The molecular formula is C16H18N2O2. The van der Waals surface area contributed by atoms with E-state index in [4.69, 9.17) is 0 Å². The Morgan fingerprint density at radius 3 is 2.35 bits per heavy atom. The van der Waals surface area contributed by atoms with Crippen LogP contribution in [0.3, 0.4) is 0 Å². The molecule has 1 N–H and O–H groups in total.